The van der Waals surface area contributed by atoms with Gasteiger partial charge in [-0.15, -0.1) is 11.3 Å². The molecule has 4 rings (SSSR count). The monoisotopic (exact) mass is 390 g/mol. The van der Waals surface area contributed by atoms with Crippen molar-refractivity contribution in [2.24, 2.45) is 0 Å². The molecule has 2 heterocycles. The van der Waals surface area contributed by atoms with E-state index in [4.69, 9.17) is 0 Å². The standard InChI is InChI=1S/C23H22N2O2S/c1-15-5-6-16(2)20(12-15)22(26)24-19-8-7-17-9-10-25(14-18(17)13-19)23(27)21-4-3-11-28-21/h3-8,11-13H,9-10,14H2,1-2H3,(H,24,26). The summed E-state index contributed by atoms with van der Waals surface area (Å²) in [7, 11) is 0. The number of nitrogens with one attached hydrogen (secondary N) is 1. The van der Waals surface area contributed by atoms with Crippen molar-refractivity contribution in [1.29, 1.82) is 0 Å². The Morgan fingerprint density at radius 3 is 2.68 bits per heavy atom. The molecule has 1 aliphatic rings. The molecule has 28 heavy (non-hydrogen) atoms. The van der Waals surface area contributed by atoms with Crippen molar-refractivity contribution in [3.63, 3.8) is 0 Å². The van der Waals surface area contributed by atoms with Gasteiger partial charge in [0.2, 0.25) is 0 Å². The van der Waals surface area contributed by atoms with Crippen molar-refractivity contribution >= 4 is 28.8 Å². The van der Waals surface area contributed by atoms with E-state index in [2.05, 4.69) is 11.4 Å². The summed E-state index contributed by atoms with van der Waals surface area (Å²) in [4.78, 5) is 28.0. The Bertz CT molecular complexity index is 1040. The van der Waals surface area contributed by atoms with E-state index in [-0.39, 0.29) is 11.8 Å². The number of hydrogen-bond acceptors (Lipinski definition) is 3. The first-order valence-electron chi connectivity index (χ1n) is 9.34. The zero-order valence-corrected chi connectivity index (χ0v) is 16.8. The average molecular weight is 391 g/mol. The fourth-order valence-electron chi connectivity index (χ4n) is 3.54. The van der Waals surface area contributed by atoms with Crippen molar-refractivity contribution in [2.75, 3.05) is 11.9 Å². The number of fused-ring (bicyclic) bond motifs is 1. The van der Waals surface area contributed by atoms with Gasteiger partial charge in [-0.2, -0.15) is 0 Å². The van der Waals surface area contributed by atoms with Crippen LogP contribution in [0.4, 0.5) is 5.69 Å². The lowest BCUT2D eigenvalue weighted by molar-refractivity contribution is 0.0739. The van der Waals surface area contributed by atoms with Crippen LogP contribution in [0.3, 0.4) is 0 Å². The van der Waals surface area contributed by atoms with Gasteiger partial charge in [0.25, 0.3) is 11.8 Å². The third kappa shape index (κ3) is 3.71. The van der Waals surface area contributed by atoms with Crippen molar-refractivity contribution in [3.05, 3.63) is 86.6 Å². The normalized spacial score (nSPS) is 13.1. The SMILES string of the molecule is Cc1ccc(C)c(C(=O)Nc2ccc3c(c2)CN(C(=O)c2cccs2)CC3)c1. The third-order valence-corrected chi connectivity index (χ3v) is 5.99. The first kappa shape index (κ1) is 18.4. The molecule has 1 aliphatic heterocycles. The molecular weight excluding hydrogens is 368 g/mol. The molecule has 0 bridgehead atoms. The van der Waals surface area contributed by atoms with E-state index in [0.29, 0.717) is 12.1 Å². The summed E-state index contributed by atoms with van der Waals surface area (Å²) in [6.07, 6.45) is 0.831. The van der Waals surface area contributed by atoms with Crippen molar-refractivity contribution in [2.45, 2.75) is 26.8 Å². The Morgan fingerprint density at radius 2 is 1.89 bits per heavy atom. The van der Waals surface area contributed by atoms with E-state index >= 15 is 0 Å². The maximum atomic E-state index is 12.7. The second-order valence-corrected chi connectivity index (χ2v) is 8.16. The highest BCUT2D eigenvalue weighted by atomic mass is 32.1. The summed E-state index contributed by atoms with van der Waals surface area (Å²) in [5, 5.41) is 4.93. The predicted octanol–water partition coefficient (Wildman–Crippen LogP) is 4.82. The van der Waals surface area contributed by atoms with Gasteiger partial charge in [-0.1, -0.05) is 29.8 Å². The Balaban J connectivity index is 1.52. The number of carbonyl (C=O) groups is 2. The van der Waals surface area contributed by atoms with Gasteiger partial charge in [0.05, 0.1) is 4.88 Å². The first-order valence-corrected chi connectivity index (χ1v) is 10.2. The van der Waals surface area contributed by atoms with Gasteiger partial charge in [-0.3, -0.25) is 9.59 Å². The number of hydrogen-bond donors (Lipinski definition) is 1. The Labute approximate surface area is 168 Å². The smallest absolute Gasteiger partial charge is 0.264 e. The molecule has 0 radical (unpaired) electrons. The highest BCUT2D eigenvalue weighted by Gasteiger charge is 2.23. The number of aryl methyl sites for hydroxylation is 2. The van der Waals surface area contributed by atoms with Crippen LogP contribution in [0.1, 0.15) is 42.3 Å². The zero-order chi connectivity index (χ0) is 19.7. The molecule has 2 aromatic carbocycles. The molecule has 2 amide bonds. The second-order valence-electron chi connectivity index (χ2n) is 7.21. The van der Waals surface area contributed by atoms with Gasteiger partial charge in [0.15, 0.2) is 0 Å². The third-order valence-electron chi connectivity index (χ3n) is 5.13. The minimum absolute atomic E-state index is 0.0745. The Morgan fingerprint density at radius 1 is 1.04 bits per heavy atom. The van der Waals surface area contributed by atoms with Crippen LogP contribution < -0.4 is 5.32 Å². The van der Waals surface area contributed by atoms with Gasteiger partial charge in [-0.25, -0.2) is 0 Å². The lowest BCUT2D eigenvalue weighted by Crippen LogP contribution is -2.35. The Hall–Kier alpha value is -2.92. The molecule has 0 aliphatic carbocycles. The van der Waals surface area contributed by atoms with Gasteiger partial charge in [-0.05, 0) is 66.6 Å². The molecule has 0 fully saturated rings. The lowest BCUT2D eigenvalue weighted by atomic mass is 9.98. The largest absolute Gasteiger partial charge is 0.333 e. The summed E-state index contributed by atoms with van der Waals surface area (Å²) in [5.41, 5.74) is 5.79. The number of anilines is 1. The quantitative estimate of drug-likeness (QED) is 0.697. The fraction of sp³-hybridized carbons (Fsp3) is 0.217. The highest BCUT2D eigenvalue weighted by Crippen LogP contribution is 2.25. The summed E-state index contributed by atoms with van der Waals surface area (Å²) in [6.45, 7) is 5.21. The lowest BCUT2D eigenvalue weighted by Gasteiger charge is -2.29. The van der Waals surface area contributed by atoms with Crippen molar-refractivity contribution in [1.82, 2.24) is 4.90 Å². The highest BCUT2D eigenvalue weighted by molar-refractivity contribution is 7.12. The number of rotatable bonds is 3. The van der Waals surface area contributed by atoms with Crippen LogP contribution in [0.5, 0.6) is 0 Å². The summed E-state index contributed by atoms with van der Waals surface area (Å²) >= 11 is 1.47. The van der Waals surface area contributed by atoms with E-state index < -0.39 is 0 Å². The van der Waals surface area contributed by atoms with Crippen LogP contribution >= 0.6 is 11.3 Å². The van der Waals surface area contributed by atoms with Gasteiger partial charge in [0.1, 0.15) is 0 Å². The number of nitrogens with zero attached hydrogens (tertiary/aromatic N) is 1. The van der Waals surface area contributed by atoms with Crippen LogP contribution in [0, 0.1) is 13.8 Å². The van der Waals surface area contributed by atoms with Crippen LogP contribution in [-0.2, 0) is 13.0 Å². The van der Waals surface area contributed by atoms with E-state index in [9.17, 15) is 9.59 Å². The minimum Gasteiger partial charge on any atom is -0.333 e. The van der Waals surface area contributed by atoms with E-state index in [1.54, 1.807) is 0 Å². The second kappa shape index (κ2) is 7.60. The molecular formula is C23H22N2O2S. The van der Waals surface area contributed by atoms with Gasteiger partial charge in [0, 0.05) is 24.3 Å². The summed E-state index contributed by atoms with van der Waals surface area (Å²) < 4.78 is 0. The molecule has 0 saturated carbocycles. The van der Waals surface area contributed by atoms with Crippen LogP contribution in [0.25, 0.3) is 0 Å². The summed E-state index contributed by atoms with van der Waals surface area (Å²) in [5.74, 6) is -0.0334. The fourth-order valence-corrected chi connectivity index (χ4v) is 4.23. The molecule has 1 N–H and O–H groups in total. The first-order chi connectivity index (χ1) is 13.5. The number of carbonyl (C=O) groups excluding carboxylic acids is 2. The maximum absolute atomic E-state index is 12.7. The van der Waals surface area contributed by atoms with Crippen molar-refractivity contribution < 1.29 is 9.59 Å². The van der Waals surface area contributed by atoms with Crippen LogP contribution in [0.2, 0.25) is 0 Å². The van der Waals surface area contributed by atoms with E-state index in [1.165, 1.54) is 16.9 Å². The van der Waals surface area contributed by atoms with Crippen molar-refractivity contribution in [3.8, 4) is 0 Å². The average Bonchev–Trinajstić information content (AvgIpc) is 3.23. The molecule has 0 spiro atoms. The molecule has 0 saturated heterocycles. The molecule has 5 heteroatoms. The molecule has 1 aromatic heterocycles. The predicted molar refractivity (Wildman–Crippen MR) is 113 cm³/mol. The molecule has 142 valence electrons. The molecule has 0 atom stereocenters. The van der Waals surface area contributed by atoms with E-state index in [0.717, 1.165) is 40.2 Å². The topological polar surface area (TPSA) is 49.4 Å². The number of thiophene rings is 1. The maximum Gasteiger partial charge on any atom is 0.264 e. The Kier molecular flexibility index (Phi) is 5.01. The molecule has 4 nitrogen and oxygen atoms in total. The number of benzene rings is 2. The van der Waals surface area contributed by atoms with Gasteiger partial charge >= 0.3 is 0 Å². The number of amides is 2. The zero-order valence-electron chi connectivity index (χ0n) is 16.0. The molecule has 0 unspecified atom stereocenters. The van der Waals surface area contributed by atoms with Gasteiger partial charge < -0.3 is 10.2 Å². The van der Waals surface area contributed by atoms with E-state index in [1.807, 2.05) is 66.6 Å². The molecule has 3 aromatic rings. The summed E-state index contributed by atoms with van der Waals surface area (Å²) in [6, 6.07) is 15.6. The van der Waals surface area contributed by atoms with Crippen LogP contribution in [0.15, 0.2) is 53.9 Å². The van der Waals surface area contributed by atoms with Crippen LogP contribution in [-0.4, -0.2) is 23.3 Å². The minimum atomic E-state index is -0.108.